The first-order valence-corrected chi connectivity index (χ1v) is 3.28. The number of hydrogen-bond donors (Lipinski definition) is 0. The third-order valence-electron chi connectivity index (χ3n) is 1.47. The predicted molar refractivity (Wildman–Crippen MR) is 41.2 cm³/mol. The highest BCUT2D eigenvalue weighted by atomic mass is 19.1. The van der Waals surface area contributed by atoms with Crippen LogP contribution >= 0.6 is 0 Å². The summed E-state index contributed by atoms with van der Waals surface area (Å²) in [6, 6.07) is 4.80. The summed E-state index contributed by atoms with van der Waals surface area (Å²) >= 11 is 0. The Morgan fingerprint density at radius 3 is 2.70 bits per heavy atom. The Hall–Kier alpha value is -0.785. The Kier molecular flexibility index (Phi) is 2.10. The molecule has 2 radical (unpaired) electrons. The van der Waals surface area contributed by atoms with Crippen molar-refractivity contribution in [2.45, 2.75) is 13.3 Å². The molecule has 2 heteroatoms. The van der Waals surface area contributed by atoms with Crippen LogP contribution in [0, 0.1) is 5.82 Å². The summed E-state index contributed by atoms with van der Waals surface area (Å²) < 4.78 is 12.5. The lowest BCUT2D eigenvalue weighted by molar-refractivity contribution is 0.635. The average molecular weight is 134 g/mol. The molecule has 1 rings (SSSR count). The van der Waals surface area contributed by atoms with Crippen LogP contribution in [0.5, 0.6) is 0 Å². The van der Waals surface area contributed by atoms with Crippen molar-refractivity contribution in [2.24, 2.45) is 0 Å². The molecule has 0 atom stereocenters. The van der Waals surface area contributed by atoms with Gasteiger partial charge in [-0.2, -0.15) is 0 Å². The predicted octanol–water partition coefficient (Wildman–Crippen LogP) is 1.18. The van der Waals surface area contributed by atoms with Gasteiger partial charge in [-0.3, -0.25) is 0 Å². The molecule has 50 valence electrons. The molecule has 1 aromatic carbocycles. The van der Waals surface area contributed by atoms with E-state index < -0.39 is 0 Å². The maximum atomic E-state index is 12.5. The van der Waals surface area contributed by atoms with Gasteiger partial charge in [0.2, 0.25) is 0 Å². The molecule has 0 N–H and O–H groups in total. The van der Waals surface area contributed by atoms with E-state index in [2.05, 4.69) is 0 Å². The highest BCUT2D eigenvalue weighted by Gasteiger charge is 1.95. The topological polar surface area (TPSA) is 0 Å². The molecule has 0 unspecified atom stereocenters. The lowest BCUT2D eigenvalue weighted by atomic mass is 9.93. The lowest BCUT2D eigenvalue weighted by Crippen LogP contribution is -2.08. The van der Waals surface area contributed by atoms with Crippen molar-refractivity contribution >= 4 is 13.3 Å². The van der Waals surface area contributed by atoms with Gasteiger partial charge in [-0.05, 0) is 18.1 Å². The molecular weight excluding hydrogens is 126 g/mol. The Morgan fingerprint density at radius 1 is 1.50 bits per heavy atom. The van der Waals surface area contributed by atoms with Gasteiger partial charge in [0.15, 0.2) is 0 Å². The van der Waals surface area contributed by atoms with Crippen molar-refractivity contribution in [3.05, 3.63) is 29.6 Å². The number of rotatable bonds is 1. The zero-order valence-electron chi connectivity index (χ0n) is 5.89. The summed E-state index contributed by atoms with van der Waals surface area (Å²) in [5, 5.41) is 0. The quantitative estimate of drug-likeness (QED) is 0.506. The van der Waals surface area contributed by atoms with Crippen molar-refractivity contribution < 1.29 is 4.39 Å². The maximum Gasteiger partial charge on any atom is 0.117 e. The Morgan fingerprint density at radius 2 is 2.20 bits per heavy atom. The number of benzene rings is 1. The van der Waals surface area contributed by atoms with Gasteiger partial charge in [0.05, 0.1) is 0 Å². The van der Waals surface area contributed by atoms with E-state index in [0.29, 0.717) is 0 Å². The van der Waals surface area contributed by atoms with E-state index in [1.54, 1.807) is 12.1 Å². The summed E-state index contributed by atoms with van der Waals surface area (Å²) in [4.78, 5) is 0. The monoisotopic (exact) mass is 134 g/mol. The van der Waals surface area contributed by atoms with E-state index in [0.717, 1.165) is 12.0 Å². The first kappa shape index (κ1) is 7.32. The second-order valence-electron chi connectivity index (χ2n) is 2.21. The van der Waals surface area contributed by atoms with Gasteiger partial charge < -0.3 is 0 Å². The van der Waals surface area contributed by atoms with Gasteiger partial charge in [-0.15, -0.1) is 0 Å². The Bertz CT molecular complexity index is 233. The molecule has 0 saturated heterocycles. The minimum Gasteiger partial charge on any atom is -0.208 e. The SMILES string of the molecule is [B]c1cc(CC)ccc1F. The average Bonchev–Trinajstić information content (AvgIpc) is 1.95. The molecule has 0 saturated carbocycles. The van der Waals surface area contributed by atoms with E-state index >= 15 is 0 Å². The number of halogens is 1. The van der Waals surface area contributed by atoms with Gasteiger partial charge in [-0.25, -0.2) is 4.39 Å². The number of hydrogen-bond acceptors (Lipinski definition) is 0. The number of aryl methyl sites for hydroxylation is 1. The minimum absolute atomic E-state index is 0.236. The fourth-order valence-corrected chi connectivity index (χ4v) is 0.813. The second-order valence-corrected chi connectivity index (χ2v) is 2.21. The molecule has 1 aromatic rings. The molecule has 0 fully saturated rings. The van der Waals surface area contributed by atoms with E-state index in [1.807, 2.05) is 6.92 Å². The van der Waals surface area contributed by atoms with Crippen LogP contribution in [-0.2, 0) is 6.42 Å². The van der Waals surface area contributed by atoms with Crippen LogP contribution < -0.4 is 5.46 Å². The van der Waals surface area contributed by atoms with Crippen LogP contribution in [0.2, 0.25) is 0 Å². The summed E-state index contributed by atoms with van der Waals surface area (Å²) in [5.41, 5.74) is 1.30. The summed E-state index contributed by atoms with van der Waals surface area (Å²) in [6.07, 6.45) is 0.893. The van der Waals surface area contributed by atoms with Gasteiger partial charge in [0.25, 0.3) is 0 Å². The van der Waals surface area contributed by atoms with Crippen LogP contribution in [-0.4, -0.2) is 7.85 Å². The minimum atomic E-state index is -0.336. The normalized spacial score (nSPS) is 9.80. The maximum absolute atomic E-state index is 12.5. The van der Waals surface area contributed by atoms with Gasteiger partial charge in [-0.1, -0.05) is 24.5 Å². The highest BCUT2D eigenvalue weighted by Crippen LogP contribution is 1.99. The zero-order valence-corrected chi connectivity index (χ0v) is 5.89. The van der Waals surface area contributed by atoms with Crippen LogP contribution in [0.15, 0.2) is 18.2 Å². The molecular formula is C8H8BF. The molecule has 0 aliphatic rings. The molecule has 0 aromatic heterocycles. The van der Waals surface area contributed by atoms with Crippen molar-refractivity contribution in [2.75, 3.05) is 0 Å². The fourth-order valence-electron chi connectivity index (χ4n) is 0.813. The first-order valence-electron chi connectivity index (χ1n) is 3.28. The van der Waals surface area contributed by atoms with Crippen LogP contribution in [0.1, 0.15) is 12.5 Å². The standard InChI is InChI=1S/C8H8BF/c1-2-6-3-4-8(10)7(9)5-6/h3-5H,2H2,1H3. The third-order valence-corrected chi connectivity index (χ3v) is 1.47. The summed E-state index contributed by atoms with van der Waals surface area (Å²) in [6.45, 7) is 2.01. The summed E-state index contributed by atoms with van der Waals surface area (Å²) in [7, 11) is 5.32. The van der Waals surface area contributed by atoms with Crippen molar-refractivity contribution in [1.29, 1.82) is 0 Å². The Balaban J connectivity index is 3.04. The van der Waals surface area contributed by atoms with Crippen LogP contribution in [0.3, 0.4) is 0 Å². The van der Waals surface area contributed by atoms with E-state index in [1.165, 1.54) is 6.07 Å². The lowest BCUT2D eigenvalue weighted by Gasteiger charge is -1.98. The Labute approximate surface area is 61.5 Å². The van der Waals surface area contributed by atoms with Gasteiger partial charge in [0.1, 0.15) is 13.7 Å². The second kappa shape index (κ2) is 2.87. The van der Waals surface area contributed by atoms with E-state index in [4.69, 9.17) is 7.85 Å². The zero-order chi connectivity index (χ0) is 7.56. The van der Waals surface area contributed by atoms with Crippen molar-refractivity contribution in [1.82, 2.24) is 0 Å². The fraction of sp³-hybridized carbons (Fsp3) is 0.250. The molecule has 0 nitrogen and oxygen atoms in total. The highest BCUT2D eigenvalue weighted by molar-refractivity contribution is 6.32. The molecule has 0 amide bonds. The van der Waals surface area contributed by atoms with Crippen molar-refractivity contribution in [3.63, 3.8) is 0 Å². The van der Waals surface area contributed by atoms with Crippen LogP contribution in [0.25, 0.3) is 0 Å². The molecule has 0 heterocycles. The van der Waals surface area contributed by atoms with Crippen LogP contribution in [0.4, 0.5) is 4.39 Å². The first-order chi connectivity index (χ1) is 4.74. The molecule has 0 aliphatic carbocycles. The molecule has 0 spiro atoms. The van der Waals surface area contributed by atoms with Crippen molar-refractivity contribution in [3.8, 4) is 0 Å². The smallest absolute Gasteiger partial charge is 0.117 e. The largest absolute Gasteiger partial charge is 0.208 e. The van der Waals surface area contributed by atoms with E-state index in [9.17, 15) is 4.39 Å². The third kappa shape index (κ3) is 1.38. The molecule has 0 aliphatic heterocycles. The van der Waals surface area contributed by atoms with Gasteiger partial charge in [0, 0.05) is 0 Å². The molecule has 0 bridgehead atoms. The van der Waals surface area contributed by atoms with Gasteiger partial charge >= 0.3 is 0 Å². The summed E-state index contributed by atoms with van der Waals surface area (Å²) in [5.74, 6) is -0.336. The molecule has 10 heavy (non-hydrogen) atoms. The van der Waals surface area contributed by atoms with E-state index in [-0.39, 0.29) is 11.3 Å².